The van der Waals surface area contributed by atoms with Gasteiger partial charge in [0.25, 0.3) is 0 Å². The Balaban J connectivity index is 1.80. The van der Waals surface area contributed by atoms with Crippen molar-refractivity contribution in [3.05, 3.63) is 24.4 Å². The number of rotatable bonds is 1. The molecule has 0 spiro atoms. The van der Waals surface area contributed by atoms with E-state index in [0.717, 1.165) is 27.0 Å². The SMILES string of the molecule is Nc1cn2nc(-c3ccc4c(c3)OCCO4)sc2n1. The van der Waals surface area contributed by atoms with E-state index in [1.165, 1.54) is 11.3 Å². The molecule has 0 aliphatic carbocycles. The number of benzene rings is 1. The van der Waals surface area contributed by atoms with Crippen LogP contribution in [0.4, 0.5) is 5.82 Å². The van der Waals surface area contributed by atoms with E-state index in [2.05, 4.69) is 10.1 Å². The van der Waals surface area contributed by atoms with Gasteiger partial charge in [0.2, 0.25) is 4.96 Å². The van der Waals surface area contributed by atoms with Crippen LogP contribution in [0, 0.1) is 0 Å². The number of aromatic nitrogens is 3. The van der Waals surface area contributed by atoms with E-state index in [0.29, 0.717) is 19.0 Å². The van der Waals surface area contributed by atoms with Gasteiger partial charge in [0.15, 0.2) is 11.5 Å². The summed E-state index contributed by atoms with van der Waals surface area (Å²) in [5.41, 5.74) is 6.60. The Hall–Kier alpha value is -2.28. The molecule has 1 aliphatic rings. The summed E-state index contributed by atoms with van der Waals surface area (Å²) in [6, 6.07) is 5.81. The van der Waals surface area contributed by atoms with Gasteiger partial charge in [0.05, 0.1) is 6.20 Å². The fourth-order valence-corrected chi connectivity index (χ4v) is 2.89. The second-order valence-electron chi connectivity index (χ2n) is 4.16. The first-order valence-corrected chi connectivity index (χ1v) is 6.63. The minimum atomic E-state index is 0.479. The van der Waals surface area contributed by atoms with Crippen LogP contribution in [0.5, 0.6) is 11.5 Å². The number of fused-ring (bicyclic) bond motifs is 2. The number of nitrogens with two attached hydrogens (primary N) is 1. The van der Waals surface area contributed by atoms with Gasteiger partial charge in [-0.15, -0.1) is 0 Å². The molecular formula is C12H10N4O2S. The van der Waals surface area contributed by atoms with Crippen LogP contribution in [0.3, 0.4) is 0 Å². The molecule has 3 heterocycles. The normalized spacial score (nSPS) is 13.9. The molecule has 0 radical (unpaired) electrons. The Morgan fingerprint density at radius 2 is 2.05 bits per heavy atom. The summed E-state index contributed by atoms with van der Waals surface area (Å²) < 4.78 is 12.8. The molecular weight excluding hydrogens is 264 g/mol. The van der Waals surface area contributed by atoms with Crippen molar-refractivity contribution in [1.82, 2.24) is 14.6 Å². The second kappa shape index (κ2) is 3.86. The van der Waals surface area contributed by atoms with E-state index in [9.17, 15) is 0 Å². The molecule has 0 atom stereocenters. The highest BCUT2D eigenvalue weighted by atomic mass is 32.1. The summed E-state index contributed by atoms with van der Waals surface area (Å²) in [6.45, 7) is 1.17. The molecule has 0 saturated carbocycles. The smallest absolute Gasteiger partial charge is 0.214 e. The second-order valence-corrected chi connectivity index (χ2v) is 5.11. The van der Waals surface area contributed by atoms with Gasteiger partial charge < -0.3 is 15.2 Å². The molecule has 19 heavy (non-hydrogen) atoms. The number of imidazole rings is 1. The molecule has 4 rings (SSSR count). The summed E-state index contributed by atoms with van der Waals surface area (Å²) in [4.78, 5) is 4.97. The van der Waals surface area contributed by atoms with Crippen LogP contribution in [-0.4, -0.2) is 27.8 Å². The van der Waals surface area contributed by atoms with Crippen LogP contribution < -0.4 is 15.2 Å². The van der Waals surface area contributed by atoms with Crippen LogP contribution >= 0.6 is 11.3 Å². The van der Waals surface area contributed by atoms with Crippen molar-refractivity contribution in [3.63, 3.8) is 0 Å². The first-order valence-electron chi connectivity index (χ1n) is 5.81. The van der Waals surface area contributed by atoms with Crippen LogP contribution in [-0.2, 0) is 0 Å². The van der Waals surface area contributed by atoms with Gasteiger partial charge >= 0.3 is 0 Å². The first-order chi connectivity index (χ1) is 9.29. The largest absolute Gasteiger partial charge is 0.486 e. The van der Waals surface area contributed by atoms with Gasteiger partial charge in [0.1, 0.15) is 24.0 Å². The maximum absolute atomic E-state index is 5.61. The van der Waals surface area contributed by atoms with Gasteiger partial charge in [-0.1, -0.05) is 11.3 Å². The highest BCUT2D eigenvalue weighted by Crippen LogP contribution is 2.35. The maximum atomic E-state index is 5.61. The third-order valence-electron chi connectivity index (χ3n) is 2.85. The van der Waals surface area contributed by atoms with Crippen molar-refractivity contribution in [3.8, 4) is 22.1 Å². The van der Waals surface area contributed by atoms with Crippen LogP contribution in [0.2, 0.25) is 0 Å². The molecule has 6 nitrogen and oxygen atoms in total. The van der Waals surface area contributed by atoms with Gasteiger partial charge in [-0.2, -0.15) is 5.10 Å². The number of anilines is 1. The summed E-state index contributed by atoms with van der Waals surface area (Å²) in [5, 5.41) is 5.32. The van der Waals surface area contributed by atoms with E-state index in [1.54, 1.807) is 10.7 Å². The predicted molar refractivity (Wildman–Crippen MR) is 71.7 cm³/mol. The average molecular weight is 274 g/mol. The molecule has 2 aromatic heterocycles. The number of nitrogen functional groups attached to an aromatic ring is 1. The highest BCUT2D eigenvalue weighted by molar-refractivity contribution is 7.19. The molecule has 96 valence electrons. The quantitative estimate of drug-likeness (QED) is 0.732. The third-order valence-corrected chi connectivity index (χ3v) is 3.82. The molecule has 0 bridgehead atoms. The molecule has 2 N–H and O–H groups in total. The lowest BCUT2D eigenvalue weighted by Crippen LogP contribution is -2.15. The Kier molecular flexibility index (Phi) is 2.16. The summed E-state index contributed by atoms with van der Waals surface area (Å²) in [5.74, 6) is 2.02. The zero-order valence-electron chi connectivity index (χ0n) is 9.87. The number of nitrogens with zero attached hydrogens (tertiary/aromatic N) is 3. The standard InChI is InChI=1S/C12H10N4O2S/c13-10-6-16-12(14-10)19-11(15-16)7-1-2-8-9(5-7)18-4-3-17-8/h1-2,5-6H,3-4,13H2. The fraction of sp³-hybridized carbons (Fsp3) is 0.167. The molecule has 0 unspecified atom stereocenters. The van der Waals surface area contributed by atoms with E-state index in [1.807, 2.05) is 18.2 Å². The number of ether oxygens (including phenoxy) is 2. The maximum Gasteiger partial charge on any atom is 0.214 e. The lowest BCUT2D eigenvalue weighted by molar-refractivity contribution is 0.171. The summed E-state index contributed by atoms with van der Waals surface area (Å²) >= 11 is 1.49. The zero-order chi connectivity index (χ0) is 12.8. The molecule has 7 heteroatoms. The molecule has 1 aromatic carbocycles. The van der Waals surface area contributed by atoms with Crippen LogP contribution in [0.15, 0.2) is 24.4 Å². The van der Waals surface area contributed by atoms with Gasteiger partial charge in [0, 0.05) is 5.56 Å². The van der Waals surface area contributed by atoms with Crippen molar-refractivity contribution < 1.29 is 9.47 Å². The minimum absolute atomic E-state index is 0.479. The minimum Gasteiger partial charge on any atom is -0.486 e. The van der Waals surface area contributed by atoms with Gasteiger partial charge in [-0.25, -0.2) is 9.50 Å². The van der Waals surface area contributed by atoms with E-state index >= 15 is 0 Å². The van der Waals surface area contributed by atoms with Gasteiger partial charge in [-0.05, 0) is 18.2 Å². The van der Waals surface area contributed by atoms with Crippen molar-refractivity contribution in [2.24, 2.45) is 0 Å². The lowest BCUT2D eigenvalue weighted by Gasteiger charge is -2.18. The third kappa shape index (κ3) is 1.70. The molecule has 0 fully saturated rings. The molecule has 1 aliphatic heterocycles. The summed E-state index contributed by atoms with van der Waals surface area (Å²) in [6.07, 6.45) is 1.70. The lowest BCUT2D eigenvalue weighted by atomic mass is 10.2. The topological polar surface area (TPSA) is 74.7 Å². The monoisotopic (exact) mass is 274 g/mol. The average Bonchev–Trinajstić information content (AvgIpc) is 2.95. The Bertz CT molecular complexity index is 733. The Morgan fingerprint density at radius 3 is 2.89 bits per heavy atom. The molecule has 0 saturated heterocycles. The van der Waals surface area contributed by atoms with Crippen molar-refractivity contribution in [2.45, 2.75) is 0 Å². The first kappa shape index (κ1) is 10.6. The zero-order valence-corrected chi connectivity index (χ0v) is 10.7. The van der Waals surface area contributed by atoms with E-state index in [4.69, 9.17) is 15.2 Å². The molecule has 3 aromatic rings. The van der Waals surface area contributed by atoms with Crippen LogP contribution in [0.1, 0.15) is 0 Å². The highest BCUT2D eigenvalue weighted by Gasteiger charge is 2.15. The van der Waals surface area contributed by atoms with Crippen molar-refractivity contribution >= 4 is 22.1 Å². The number of hydrogen-bond acceptors (Lipinski definition) is 6. The predicted octanol–water partition coefficient (Wildman–Crippen LogP) is 1.81. The summed E-state index contributed by atoms with van der Waals surface area (Å²) in [7, 11) is 0. The van der Waals surface area contributed by atoms with Crippen LogP contribution in [0.25, 0.3) is 15.5 Å². The van der Waals surface area contributed by atoms with Crippen molar-refractivity contribution in [1.29, 1.82) is 0 Å². The fourth-order valence-electron chi connectivity index (χ4n) is 2.01. The molecule has 0 amide bonds. The number of hydrogen-bond donors (Lipinski definition) is 1. The Labute approximate surface area is 112 Å². The van der Waals surface area contributed by atoms with E-state index in [-0.39, 0.29) is 0 Å². The van der Waals surface area contributed by atoms with Gasteiger partial charge in [-0.3, -0.25) is 0 Å². The van der Waals surface area contributed by atoms with Crippen molar-refractivity contribution in [2.75, 3.05) is 18.9 Å². The Morgan fingerprint density at radius 1 is 1.21 bits per heavy atom. The van der Waals surface area contributed by atoms with E-state index < -0.39 is 0 Å².